The van der Waals surface area contributed by atoms with E-state index in [1.54, 1.807) is 0 Å². The number of rotatable bonds is 2. The van der Waals surface area contributed by atoms with Gasteiger partial charge in [-0.15, -0.1) is 0 Å². The zero-order chi connectivity index (χ0) is 11.6. The van der Waals surface area contributed by atoms with Gasteiger partial charge < -0.3 is 9.47 Å². The molecule has 0 aliphatic carbocycles. The average Bonchev–Trinajstić information content (AvgIpc) is 2.47. The molecule has 0 fully saturated rings. The molecule has 0 N–H and O–H groups in total. The largest absolute Gasteiger partial charge is 0.469 e. The van der Waals surface area contributed by atoms with Gasteiger partial charge in [-0.05, 0) is 0 Å². The van der Waals surface area contributed by atoms with Gasteiger partial charge in [0.25, 0.3) is 0 Å². The number of hydrogen-bond donors (Lipinski definition) is 0. The third-order valence-electron chi connectivity index (χ3n) is 1.57. The van der Waals surface area contributed by atoms with Crippen molar-refractivity contribution in [3.8, 4) is 0 Å². The molecule has 0 saturated carbocycles. The highest BCUT2D eigenvalue weighted by Crippen LogP contribution is 2.24. The van der Waals surface area contributed by atoms with Crippen LogP contribution < -0.4 is 0 Å². The van der Waals surface area contributed by atoms with Gasteiger partial charge in [0.2, 0.25) is 0 Å². The maximum atomic E-state index is 12.0. The monoisotopic (exact) mass is 225 g/mol. The Hall–Kier alpha value is -1.60. The molecule has 0 aromatic carbocycles. The van der Waals surface area contributed by atoms with Crippen LogP contribution in [0.4, 0.5) is 13.2 Å². The quantitative estimate of drug-likeness (QED) is 0.639. The molecule has 8 heteroatoms. The van der Waals surface area contributed by atoms with E-state index in [1.807, 2.05) is 0 Å². The predicted molar refractivity (Wildman–Crippen MR) is 40.0 cm³/mol. The number of methoxy groups -OCH3 is 1. The Balaban J connectivity index is 2.72. The molecule has 1 rings (SSSR count). The molecule has 5 nitrogen and oxygen atoms in total. The van der Waals surface area contributed by atoms with E-state index >= 15 is 0 Å². The minimum atomic E-state index is -4.82. The topological polar surface area (TPSA) is 65.0 Å². The summed E-state index contributed by atoms with van der Waals surface area (Å²) in [6, 6.07) is -1.46. The van der Waals surface area contributed by atoms with Crippen LogP contribution in [0, 0.1) is 0 Å². The SMILES string of the molecule is COC(=O)CC1N=C(C(F)(F)F)OC1=O. The van der Waals surface area contributed by atoms with Crippen molar-refractivity contribution in [3.63, 3.8) is 0 Å². The lowest BCUT2D eigenvalue weighted by atomic mass is 10.2. The van der Waals surface area contributed by atoms with Gasteiger partial charge in [-0.1, -0.05) is 0 Å². The molecule has 1 heterocycles. The molecule has 0 saturated heterocycles. The number of ether oxygens (including phenoxy) is 2. The van der Waals surface area contributed by atoms with Gasteiger partial charge in [-0.2, -0.15) is 13.2 Å². The Morgan fingerprint density at radius 2 is 2.20 bits per heavy atom. The third-order valence-corrected chi connectivity index (χ3v) is 1.57. The maximum Gasteiger partial charge on any atom is 0.468 e. The summed E-state index contributed by atoms with van der Waals surface area (Å²) in [6.45, 7) is 0. The summed E-state index contributed by atoms with van der Waals surface area (Å²) in [5, 5.41) is 0. The van der Waals surface area contributed by atoms with Crippen molar-refractivity contribution in [1.29, 1.82) is 0 Å². The van der Waals surface area contributed by atoms with Gasteiger partial charge in [-0.3, -0.25) is 4.79 Å². The van der Waals surface area contributed by atoms with Crippen molar-refractivity contribution < 1.29 is 32.2 Å². The second-order valence-corrected chi connectivity index (χ2v) is 2.65. The van der Waals surface area contributed by atoms with E-state index < -0.39 is 36.5 Å². The molecular weight excluding hydrogens is 219 g/mol. The van der Waals surface area contributed by atoms with Crippen molar-refractivity contribution in [2.24, 2.45) is 4.99 Å². The molecule has 1 atom stereocenters. The second kappa shape index (κ2) is 3.87. The van der Waals surface area contributed by atoms with Gasteiger partial charge >= 0.3 is 24.0 Å². The Morgan fingerprint density at radius 1 is 1.60 bits per heavy atom. The Morgan fingerprint density at radius 3 is 2.60 bits per heavy atom. The Bertz CT molecular complexity index is 323. The lowest BCUT2D eigenvalue weighted by Crippen LogP contribution is -2.24. The first-order chi connectivity index (χ1) is 6.84. The molecule has 15 heavy (non-hydrogen) atoms. The normalized spacial score (nSPS) is 20.9. The number of carbonyl (C=O) groups excluding carboxylic acids is 2. The van der Waals surface area contributed by atoms with Gasteiger partial charge in [0.05, 0.1) is 13.5 Å². The number of halogens is 3. The smallest absolute Gasteiger partial charge is 0.468 e. The first-order valence-corrected chi connectivity index (χ1v) is 3.78. The van der Waals surface area contributed by atoms with Crippen LogP contribution >= 0.6 is 0 Å². The Kier molecular flexibility index (Phi) is 2.96. The summed E-state index contributed by atoms with van der Waals surface area (Å²) in [5.74, 6) is -3.65. The van der Waals surface area contributed by atoms with E-state index in [-0.39, 0.29) is 0 Å². The first-order valence-electron chi connectivity index (χ1n) is 3.78. The standard InChI is InChI=1S/C7H6F3NO4/c1-14-4(12)2-3-5(13)15-6(11-3)7(8,9)10/h3H,2H2,1H3. The van der Waals surface area contributed by atoms with Crippen molar-refractivity contribution in [2.75, 3.05) is 7.11 Å². The van der Waals surface area contributed by atoms with Crippen LogP contribution in [-0.4, -0.2) is 37.2 Å². The lowest BCUT2D eigenvalue weighted by molar-refractivity contribution is -0.146. The summed E-state index contributed by atoms with van der Waals surface area (Å²) in [7, 11) is 1.05. The van der Waals surface area contributed by atoms with Gasteiger partial charge in [0.15, 0.2) is 6.04 Å². The van der Waals surface area contributed by atoms with Crippen molar-refractivity contribution in [1.82, 2.24) is 0 Å². The fourth-order valence-electron chi connectivity index (χ4n) is 0.885. The zero-order valence-electron chi connectivity index (χ0n) is 7.50. The van der Waals surface area contributed by atoms with E-state index in [9.17, 15) is 22.8 Å². The molecular formula is C7H6F3NO4. The van der Waals surface area contributed by atoms with E-state index in [1.165, 1.54) is 0 Å². The van der Waals surface area contributed by atoms with E-state index in [4.69, 9.17) is 0 Å². The molecule has 1 aliphatic rings. The maximum absolute atomic E-state index is 12.0. The van der Waals surface area contributed by atoms with Crippen molar-refractivity contribution in [2.45, 2.75) is 18.6 Å². The van der Waals surface area contributed by atoms with Crippen molar-refractivity contribution >= 4 is 17.8 Å². The molecule has 0 aromatic rings. The van der Waals surface area contributed by atoms with Crippen LogP contribution in [0.2, 0.25) is 0 Å². The molecule has 0 spiro atoms. The van der Waals surface area contributed by atoms with Crippen LogP contribution in [0.25, 0.3) is 0 Å². The minimum Gasteiger partial charge on any atom is -0.469 e. The van der Waals surface area contributed by atoms with E-state index in [0.717, 1.165) is 7.11 Å². The molecule has 0 radical (unpaired) electrons. The zero-order valence-corrected chi connectivity index (χ0v) is 7.50. The van der Waals surface area contributed by atoms with E-state index in [2.05, 4.69) is 14.5 Å². The van der Waals surface area contributed by atoms with Crippen molar-refractivity contribution in [3.05, 3.63) is 0 Å². The van der Waals surface area contributed by atoms with E-state index in [0.29, 0.717) is 0 Å². The molecule has 0 aromatic heterocycles. The summed E-state index contributed by atoms with van der Waals surface area (Å²) in [6.07, 6.45) is -5.38. The minimum absolute atomic E-state index is 0.561. The third kappa shape index (κ3) is 2.67. The summed E-state index contributed by atoms with van der Waals surface area (Å²) in [4.78, 5) is 24.5. The molecule has 0 amide bonds. The molecule has 1 aliphatic heterocycles. The summed E-state index contributed by atoms with van der Waals surface area (Å²) < 4.78 is 44.1. The van der Waals surface area contributed by atoms with Crippen LogP contribution in [0.3, 0.4) is 0 Å². The lowest BCUT2D eigenvalue weighted by Gasteiger charge is -2.02. The number of aliphatic imine (C=N–C) groups is 1. The summed E-state index contributed by atoms with van der Waals surface area (Å²) in [5.41, 5.74) is 0. The van der Waals surface area contributed by atoms with Gasteiger partial charge in [-0.25, -0.2) is 9.79 Å². The fraction of sp³-hybridized carbons (Fsp3) is 0.571. The molecule has 0 bridgehead atoms. The number of carbonyl (C=O) groups is 2. The number of alkyl halides is 3. The number of cyclic esters (lactones) is 1. The second-order valence-electron chi connectivity index (χ2n) is 2.65. The molecule has 84 valence electrons. The fourth-order valence-corrected chi connectivity index (χ4v) is 0.885. The van der Waals surface area contributed by atoms with Crippen LogP contribution in [0.1, 0.15) is 6.42 Å². The Labute approximate surface area is 81.9 Å². The number of esters is 2. The first kappa shape index (κ1) is 11.5. The predicted octanol–water partition coefficient (Wildman–Crippen LogP) is 0.436. The van der Waals surface area contributed by atoms with Gasteiger partial charge in [0, 0.05) is 0 Å². The van der Waals surface area contributed by atoms with Crippen LogP contribution in [0.5, 0.6) is 0 Å². The molecule has 1 unspecified atom stereocenters. The number of nitrogens with zero attached hydrogens (tertiary/aromatic N) is 1. The highest BCUT2D eigenvalue weighted by atomic mass is 19.4. The summed E-state index contributed by atoms with van der Waals surface area (Å²) >= 11 is 0. The highest BCUT2D eigenvalue weighted by Gasteiger charge is 2.46. The average molecular weight is 225 g/mol. The van der Waals surface area contributed by atoms with Crippen LogP contribution in [-0.2, 0) is 19.1 Å². The number of hydrogen-bond acceptors (Lipinski definition) is 5. The highest BCUT2D eigenvalue weighted by molar-refractivity contribution is 6.01. The van der Waals surface area contributed by atoms with Gasteiger partial charge in [0.1, 0.15) is 0 Å². The van der Waals surface area contributed by atoms with Crippen LogP contribution in [0.15, 0.2) is 4.99 Å².